The summed E-state index contributed by atoms with van der Waals surface area (Å²) in [5.41, 5.74) is 0.994. The summed E-state index contributed by atoms with van der Waals surface area (Å²) in [6, 6.07) is 10.7. The smallest absolute Gasteiger partial charge is 0.308 e. The molecule has 1 fully saturated rings. The first-order valence-electron chi connectivity index (χ1n) is 9.99. The average Bonchev–Trinajstić information content (AvgIpc) is 3.02. The van der Waals surface area contributed by atoms with Gasteiger partial charge in [0.05, 0.1) is 12.1 Å². The van der Waals surface area contributed by atoms with Crippen molar-refractivity contribution in [3.8, 4) is 5.75 Å². The fourth-order valence-corrected chi connectivity index (χ4v) is 3.48. The minimum Gasteiger partial charge on any atom is -0.427 e. The molecule has 0 aromatic heterocycles. The van der Waals surface area contributed by atoms with Gasteiger partial charge < -0.3 is 9.64 Å². The molecule has 1 heterocycles. The molecule has 3 amide bonds. The van der Waals surface area contributed by atoms with E-state index in [-0.39, 0.29) is 25.3 Å². The highest BCUT2D eigenvalue weighted by atomic mass is 19.1. The predicted molar refractivity (Wildman–Crippen MR) is 111 cm³/mol. The number of imide groups is 1. The maximum absolute atomic E-state index is 13.2. The SMILES string of the molecule is CCCC(=O)N(Cc1ccc(F)cc1)C1CC(=O)N(c2ccc(OC(C)=O)cc2)C1=O. The Kier molecular flexibility index (Phi) is 6.79. The monoisotopic (exact) mass is 426 g/mol. The van der Waals surface area contributed by atoms with Crippen LogP contribution in [0.3, 0.4) is 0 Å². The maximum atomic E-state index is 13.2. The van der Waals surface area contributed by atoms with Crippen LogP contribution in [-0.2, 0) is 25.7 Å². The fraction of sp³-hybridized carbons (Fsp3) is 0.304. The number of hydrogen-bond acceptors (Lipinski definition) is 5. The van der Waals surface area contributed by atoms with Crippen LogP contribution in [0.4, 0.5) is 10.1 Å². The number of anilines is 1. The van der Waals surface area contributed by atoms with Crippen molar-refractivity contribution in [2.75, 3.05) is 4.90 Å². The Hall–Kier alpha value is -3.55. The molecular formula is C23H23FN2O5. The molecule has 3 rings (SSSR count). The molecule has 0 aliphatic carbocycles. The first-order valence-corrected chi connectivity index (χ1v) is 9.99. The van der Waals surface area contributed by atoms with Gasteiger partial charge in [-0.25, -0.2) is 9.29 Å². The molecule has 162 valence electrons. The lowest BCUT2D eigenvalue weighted by molar-refractivity contribution is -0.139. The van der Waals surface area contributed by atoms with Crippen molar-refractivity contribution in [3.05, 3.63) is 59.9 Å². The highest BCUT2D eigenvalue weighted by molar-refractivity contribution is 6.23. The van der Waals surface area contributed by atoms with E-state index in [9.17, 15) is 23.6 Å². The number of ether oxygens (including phenoxy) is 1. The highest BCUT2D eigenvalue weighted by Gasteiger charge is 2.44. The van der Waals surface area contributed by atoms with Gasteiger partial charge in [0.2, 0.25) is 11.8 Å². The third-order valence-electron chi connectivity index (χ3n) is 4.91. The molecule has 0 N–H and O–H groups in total. The number of nitrogens with zero attached hydrogens (tertiary/aromatic N) is 2. The van der Waals surface area contributed by atoms with Crippen LogP contribution >= 0.6 is 0 Å². The molecule has 1 aliphatic rings. The molecule has 0 bridgehead atoms. The number of rotatable bonds is 7. The molecule has 31 heavy (non-hydrogen) atoms. The Morgan fingerprint density at radius 3 is 2.32 bits per heavy atom. The summed E-state index contributed by atoms with van der Waals surface area (Å²) >= 11 is 0. The first-order chi connectivity index (χ1) is 14.8. The number of hydrogen-bond donors (Lipinski definition) is 0. The van der Waals surface area contributed by atoms with Crippen LogP contribution in [0.25, 0.3) is 0 Å². The Morgan fingerprint density at radius 2 is 1.74 bits per heavy atom. The van der Waals surface area contributed by atoms with E-state index < -0.39 is 29.6 Å². The minimum atomic E-state index is -0.940. The highest BCUT2D eigenvalue weighted by Crippen LogP contribution is 2.28. The summed E-state index contributed by atoms with van der Waals surface area (Å²) in [7, 11) is 0. The van der Waals surface area contributed by atoms with Crippen LogP contribution in [0.5, 0.6) is 5.75 Å². The number of esters is 1. The molecule has 7 nitrogen and oxygen atoms in total. The summed E-state index contributed by atoms with van der Waals surface area (Å²) in [4.78, 5) is 52.1. The van der Waals surface area contributed by atoms with E-state index in [1.54, 1.807) is 12.1 Å². The van der Waals surface area contributed by atoms with Gasteiger partial charge in [0.25, 0.3) is 5.91 Å². The molecule has 0 spiro atoms. The number of halogens is 1. The summed E-state index contributed by atoms with van der Waals surface area (Å²) < 4.78 is 18.2. The van der Waals surface area contributed by atoms with Gasteiger partial charge in [-0.1, -0.05) is 19.1 Å². The van der Waals surface area contributed by atoms with Gasteiger partial charge in [-0.3, -0.25) is 19.2 Å². The maximum Gasteiger partial charge on any atom is 0.308 e. The largest absolute Gasteiger partial charge is 0.427 e. The molecule has 0 radical (unpaired) electrons. The van der Waals surface area contributed by atoms with Crippen molar-refractivity contribution < 1.29 is 28.3 Å². The second-order valence-electron chi connectivity index (χ2n) is 7.27. The third-order valence-corrected chi connectivity index (χ3v) is 4.91. The van der Waals surface area contributed by atoms with E-state index in [0.717, 1.165) is 4.90 Å². The predicted octanol–water partition coefficient (Wildman–Crippen LogP) is 3.21. The molecule has 1 saturated heterocycles. The van der Waals surface area contributed by atoms with Crippen LogP contribution in [0, 0.1) is 5.82 Å². The van der Waals surface area contributed by atoms with Crippen molar-refractivity contribution in [2.45, 2.75) is 45.7 Å². The fourth-order valence-electron chi connectivity index (χ4n) is 3.48. The first kappa shape index (κ1) is 22.1. The Morgan fingerprint density at radius 1 is 1.10 bits per heavy atom. The lowest BCUT2D eigenvalue weighted by Gasteiger charge is -2.28. The quantitative estimate of drug-likeness (QED) is 0.386. The van der Waals surface area contributed by atoms with Gasteiger partial charge >= 0.3 is 5.97 Å². The van der Waals surface area contributed by atoms with Gasteiger partial charge in [-0.15, -0.1) is 0 Å². The number of amides is 3. The molecule has 1 unspecified atom stereocenters. The summed E-state index contributed by atoms with van der Waals surface area (Å²) in [5.74, 6) is -1.76. The normalized spacial score (nSPS) is 15.8. The summed E-state index contributed by atoms with van der Waals surface area (Å²) in [5, 5.41) is 0. The van der Waals surface area contributed by atoms with Crippen LogP contribution in [0.1, 0.15) is 38.7 Å². The van der Waals surface area contributed by atoms with E-state index in [1.165, 1.54) is 48.2 Å². The van der Waals surface area contributed by atoms with Crippen molar-refractivity contribution in [3.63, 3.8) is 0 Å². The van der Waals surface area contributed by atoms with E-state index >= 15 is 0 Å². The van der Waals surface area contributed by atoms with Crippen molar-refractivity contribution in [2.24, 2.45) is 0 Å². The van der Waals surface area contributed by atoms with Gasteiger partial charge in [-0.05, 0) is 48.4 Å². The lowest BCUT2D eigenvalue weighted by atomic mass is 10.1. The zero-order valence-corrected chi connectivity index (χ0v) is 17.3. The molecule has 2 aromatic carbocycles. The van der Waals surface area contributed by atoms with Crippen molar-refractivity contribution in [1.29, 1.82) is 0 Å². The lowest BCUT2D eigenvalue weighted by Crippen LogP contribution is -2.45. The minimum absolute atomic E-state index is 0.0992. The Bertz CT molecular complexity index is 988. The number of carbonyl (C=O) groups is 4. The number of benzene rings is 2. The van der Waals surface area contributed by atoms with Gasteiger partial charge in [0.15, 0.2) is 0 Å². The zero-order chi connectivity index (χ0) is 22.5. The van der Waals surface area contributed by atoms with Crippen LogP contribution in [0.15, 0.2) is 48.5 Å². The topological polar surface area (TPSA) is 84.0 Å². The van der Waals surface area contributed by atoms with Crippen molar-refractivity contribution >= 4 is 29.4 Å². The Balaban J connectivity index is 1.84. The van der Waals surface area contributed by atoms with Crippen LogP contribution in [0.2, 0.25) is 0 Å². The van der Waals surface area contributed by atoms with Gasteiger partial charge in [-0.2, -0.15) is 0 Å². The molecule has 1 aliphatic heterocycles. The Labute approximate surface area is 179 Å². The summed E-state index contributed by atoms with van der Waals surface area (Å²) in [6.45, 7) is 3.23. The van der Waals surface area contributed by atoms with Crippen LogP contribution < -0.4 is 9.64 Å². The molecule has 1 atom stereocenters. The van der Waals surface area contributed by atoms with E-state index in [2.05, 4.69) is 0 Å². The van der Waals surface area contributed by atoms with Gasteiger partial charge in [0.1, 0.15) is 17.6 Å². The second kappa shape index (κ2) is 9.51. The molecule has 8 heteroatoms. The molecular weight excluding hydrogens is 403 g/mol. The van der Waals surface area contributed by atoms with E-state index in [4.69, 9.17) is 4.74 Å². The second-order valence-corrected chi connectivity index (χ2v) is 7.27. The van der Waals surface area contributed by atoms with Gasteiger partial charge in [0, 0.05) is 19.9 Å². The third kappa shape index (κ3) is 5.14. The molecule has 2 aromatic rings. The average molecular weight is 426 g/mol. The van der Waals surface area contributed by atoms with Crippen molar-refractivity contribution in [1.82, 2.24) is 4.90 Å². The van der Waals surface area contributed by atoms with E-state index in [0.29, 0.717) is 23.4 Å². The van der Waals surface area contributed by atoms with E-state index in [1.807, 2.05) is 6.92 Å². The molecule has 0 saturated carbocycles. The summed E-state index contributed by atoms with van der Waals surface area (Å²) in [6.07, 6.45) is 0.687. The standard InChI is InChI=1S/C23H23FN2O5/c1-3-4-21(28)25(14-16-5-7-17(24)8-6-16)20-13-22(29)26(23(20)30)18-9-11-19(12-10-18)31-15(2)27/h5-12,20H,3-4,13-14H2,1-2H3. The zero-order valence-electron chi connectivity index (χ0n) is 17.3. The van der Waals surface area contributed by atoms with Crippen LogP contribution in [-0.4, -0.2) is 34.6 Å². The number of carbonyl (C=O) groups excluding carboxylic acids is 4.